The van der Waals surface area contributed by atoms with E-state index in [-0.39, 0.29) is 47.4 Å². The molecule has 0 saturated carbocycles. The maximum Gasteiger partial charge on any atom is 0.407 e. The van der Waals surface area contributed by atoms with Crippen LogP contribution < -0.4 is 11.4 Å². The van der Waals surface area contributed by atoms with E-state index in [1.54, 1.807) is 31.2 Å². The van der Waals surface area contributed by atoms with Crippen LogP contribution in [0.1, 0.15) is 36.5 Å². The summed E-state index contributed by atoms with van der Waals surface area (Å²) >= 11 is 0. The van der Waals surface area contributed by atoms with Crippen LogP contribution in [0.25, 0.3) is 11.2 Å². The number of nitrogen functional groups attached to an aromatic ring is 1. The van der Waals surface area contributed by atoms with Crippen molar-refractivity contribution in [1.29, 1.82) is 4.78 Å². The molecule has 1 saturated heterocycles. The number of carbonyl (C=O) groups is 2. The van der Waals surface area contributed by atoms with E-state index in [4.69, 9.17) is 10.5 Å². The highest BCUT2D eigenvalue weighted by Crippen LogP contribution is 2.25. The van der Waals surface area contributed by atoms with Gasteiger partial charge in [-0.2, -0.15) is 4.98 Å². The first-order valence-electron chi connectivity index (χ1n) is 10.8. The van der Waals surface area contributed by atoms with Crippen molar-refractivity contribution >= 4 is 38.7 Å². The Balaban J connectivity index is 1.96. The Kier molecular flexibility index (Phi) is 6.13. The first kappa shape index (κ1) is 23.4. The molecule has 0 aliphatic carbocycles. The van der Waals surface area contributed by atoms with Crippen molar-refractivity contribution in [2.24, 2.45) is 0 Å². The molecule has 3 aromatic rings. The number of imidazole rings is 1. The molecule has 4 rings (SSSR count). The second-order valence-electron chi connectivity index (χ2n) is 8.10. The molecule has 1 fully saturated rings. The van der Waals surface area contributed by atoms with Crippen LogP contribution >= 0.6 is 0 Å². The van der Waals surface area contributed by atoms with E-state index >= 15 is 0 Å². The molecule has 0 spiro atoms. The fourth-order valence-corrected chi connectivity index (χ4v) is 5.43. The van der Waals surface area contributed by atoms with Crippen LogP contribution in [0.5, 0.6) is 0 Å². The van der Waals surface area contributed by atoms with Crippen LogP contribution in [-0.4, -0.2) is 63.7 Å². The predicted molar refractivity (Wildman–Crippen MR) is 124 cm³/mol. The van der Waals surface area contributed by atoms with Gasteiger partial charge in [0.15, 0.2) is 11.5 Å². The van der Waals surface area contributed by atoms with Crippen LogP contribution in [0, 0.1) is 4.78 Å². The summed E-state index contributed by atoms with van der Waals surface area (Å²) in [6, 6.07) is 7.93. The average molecular weight is 488 g/mol. The number of carboxylic acid groups (broad SMARTS) is 1. The van der Waals surface area contributed by atoms with Crippen LogP contribution in [0.15, 0.2) is 40.3 Å². The third-order valence-corrected chi connectivity index (χ3v) is 7.50. The fourth-order valence-electron chi connectivity index (χ4n) is 4.19. The lowest BCUT2D eigenvalue weighted by molar-refractivity contribution is 0.0762. The van der Waals surface area contributed by atoms with Gasteiger partial charge in [0.1, 0.15) is 21.3 Å². The molecule has 0 bridgehead atoms. The summed E-state index contributed by atoms with van der Waals surface area (Å²) in [5.41, 5.74) is 6.01. The molecule has 3 heterocycles. The van der Waals surface area contributed by atoms with E-state index in [1.807, 2.05) is 6.07 Å². The molecule has 12 nitrogen and oxygen atoms in total. The van der Waals surface area contributed by atoms with Crippen molar-refractivity contribution in [2.75, 3.05) is 18.0 Å². The zero-order valence-corrected chi connectivity index (χ0v) is 19.3. The van der Waals surface area contributed by atoms with Gasteiger partial charge in [-0.1, -0.05) is 37.3 Å². The lowest BCUT2D eigenvalue weighted by atomic mass is 10.2. The number of nitrogens with two attached hydrogens (primary N) is 1. The summed E-state index contributed by atoms with van der Waals surface area (Å²) in [4.78, 5) is 47.8. The van der Waals surface area contributed by atoms with E-state index < -0.39 is 33.5 Å². The number of aromatic nitrogens is 4. The first-order chi connectivity index (χ1) is 16.2. The standard InChI is InChI=1S/C21H25N7O5S/c1-2-11-34(23,33)19-24-16(22)15-17(25-19)27(12-13-7-4-3-5-8-13)20(30)28(15)18(29)14-9-6-10-26(14)21(31)32/h3-5,7-8,14,23H,2,6,9-12H2,1H3,(H,31,32)(H2,22,24,25). The summed E-state index contributed by atoms with van der Waals surface area (Å²) < 4.78 is 23.1. The summed E-state index contributed by atoms with van der Waals surface area (Å²) in [6.07, 6.45) is -0.0587. The minimum absolute atomic E-state index is 0.0101. The van der Waals surface area contributed by atoms with E-state index in [9.17, 15) is 23.7 Å². The summed E-state index contributed by atoms with van der Waals surface area (Å²) in [5.74, 6) is -1.01. The number of amides is 1. The summed E-state index contributed by atoms with van der Waals surface area (Å²) in [7, 11) is -3.37. The van der Waals surface area contributed by atoms with Gasteiger partial charge in [-0.05, 0) is 24.8 Å². The van der Waals surface area contributed by atoms with Gasteiger partial charge in [0, 0.05) is 12.3 Å². The first-order valence-corrected chi connectivity index (χ1v) is 12.5. The highest BCUT2D eigenvalue weighted by atomic mass is 32.2. The van der Waals surface area contributed by atoms with Gasteiger partial charge in [0.05, 0.1) is 6.54 Å². The van der Waals surface area contributed by atoms with Gasteiger partial charge < -0.3 is 10.8 Å². The Bertz CT molecular complexity index is 1430. The van der Waals surface area contributed by atoms with Crippen LogP contribution in [0.2, 0.25) is 0 Å². The lowest BCUT2D eigenvalue weighted by Crippen LogP contribution is -2.45. The Labute approximate surface area is 195 Å². The molecule has 180 valence electrons. The molecule has 0 radical (unpaired) electrons. The second-order valence-corrected chi connectivity index (χ2v) is 10.2. The Morgan fingerprint density at radius 2 is 1.97 bits per heavy atom. The maximum atomic E-state index is 13.5. The molecule has 1 aliphatic rings. The smallest absolute Gasteiger partial charge is 0.407 e. The van der Waals surface area contributed by atoms with Gasteiger partial charge in [-0.15, -0.1) is 0 Å². The topological polar surface area (TPSA) is 177 Å². The van der Waals surface area contributed by atoms with Crippen molar-refractivity contribution in [1.82, 2.24) is 24.0 Å². The molecular weight excluding hydrogens is 462 g/mol. The molecule has 1 aromatic carbocycles. The number of fused-ring (bicyclic) bond motifs is 1. The number of anilines is 1. The number of hydrogen-bond acceptors (Lipinski definition) is 8. The lowest BCUT2D eigenvalue weighted by Gasteiger charge is -2.20. The highest BCUT2D eigenvalue weighted by molar-refractivity contribution is 7.92. The van der Waals surface area contributed by atoms with Crippen molar-refractivity contribution in [2.45, 2.75) is 43.9 Å². The Morgan fingerprint density at radius 1 is 1.26 bits per heavy atom. The van der Waals surface area contributed by atoms with Crippen LogP contribution in [0.4, 0.5) is 10.6 Å². The van der Waals surface area contributed by atoms with E-state index in [0.29, 0.717) is 12.8 Å². The van der Waals surface area contributed by atoms with Gasteiger partial charge in [0.25, 0.3) is 5.91 Å². The molecule has 1 amide bonds. The predicted octanol–water partition coefficient (Wildman–Crippen LogP) is 1.82. The number of benzene rings is 1. The van der Waals surface area contributed by atoms with E-state index in [0.717, 1.165) is 15.0 Å². The number of rotatable bonds is 6. The van der Waals surface area contributed by atoms with Crippen molar-refractivity contribution < 1.29 is 18.9 Å². The quantitative estimate of drug-likeness (QED) is 0.441. The number of hydrogen-bond donors (Lipinski definition) is 3. The number of nitrogens with zero attached hydrogens (tertiary/aromatic N) is 5. The normalized spacial score (nSPS) is 17.7. The van der Waals surface area contributed by atoms with Gasteiger partial charge in [0.2, 0.25) is 5.16 Å². The number of nitrogens with one attached hydrogen (secondary N) is 1. The highest BCUT2D eigenvalue weighted by Gasteiger charge is 2.37. The zero-order valence-electron chi connectivity index (χ0n) is 18.5. The summed E-state index contributed by atoms with van der Waals surface area (Å²) in [5, 5.41) is 9.17. The molecule has 2 atom stereocenters. The fraction of sp³-hybridized carbons (Fsp3) is 0.381. The molecule has 1 aliphatic heterocycles. The van der Waals surface area contributed by atoms with Crippen LogP contribution in [-0.2, 0) is 16.3 Å². The molecule has 34 heavy (non-hydrogen) atoms. The average Bonchev–Trinajstić information content (AvgIpc) is 3.38. The minimum atomic E-state index is -3.37. The second kappa shape index (κ2) is 8.89. The molecular formula is C21H25N7O5S. The zero-order chi connectivity index (χ0) is 24.6. The third-order valence-electron chi connectivity index (χ3n) is 5.75. The SMILES string of the molecule is CCCS(=N)(=O)c1nc(N)c2c(n1)n(Cc1ccccc1)c(=O)n2C(=O)C1CCCN1C(=O)O. The molecule has 13 heteroatoms. The van der Waals surface area contributed by atoms with E-state index in [2.05, 4.69) is 9.97 Å². The third kappa shape index (κ3) is 4.02. The van der Waals surface area contributed by atoms with Crippen LogP contribution in [0.3, 0.4) is 0 Å². The number of likely N-dealkylation sites (tertiary alicyclic amines) is 1. The van der Waals surface area contributed by atoms with Crippen molar-refractivity contribution in [3.63, 3.8) is 0 Å². The molecule has 4 N–H and O–H groups in total. The van der Waals surface area contributed by atoms with E-state index in [1.165, 1.54) is 4.57 Å². The van der Waals surface area contributed by atoms with Gasteiger partial charge >= 0.3 is 11.8 Å². The van der Waals surface area contributed by atoms with Gasteiger partial charge in [-0.3, -0.25) is 14.3 Å². The van der Waals surface area contributed by atoms with Gasteiger partial charge in [-0.25, -0.2) is 28.1 Å². The maximum absolute atomic E-state index is 13.5. The minimum Gasteiger partial charge on any atom is -0.465 e. The van der Waals surface area contributed by atoms with Crippen molar-refractivity contribution in [3.8, 4) is 0 Å². The molecule has 2 unspecified atom stereocenters. The Morgan fingerprint density at radius 3 is 2.62 bits per heavy atom. The largest absolute Gasteiger partial charge is 0.465 e. The van der Waals surface area contributed by atoms with Crippen molar-refractivity contribution in [3.05, 3.63) is 46.4 Å². The number of carbonyl (C=O) groups excluding carboxylic acids is 1. The monoisotopic (exact) mass is 487 g/mol. The Hall–Kier alpha value is -3.74. The summed E-state index contributed by atoms with van der Waals surface area (Å²) in [6.45, 7) is 1.98. The molecule has 2 aromatic heterocycles.